The topological polar surface area (TPSA) is 83.4 Å². The second-order valence-corrected chi connectivity index (χ2v) is 11.3. The van der Waals surface area contributed by atoms with Crippen LogP contribution in [0.25, 0.3) is 5.76 Å². The number of hydrogen-bond acceptors (Lipinski definition) is 7. The number of aromatic nitrogens is 2. The van der Waals surface area contributed by atoms with E-state index in [1.807, 2.05) is 57.2 Å². The summed E-state index contributed by atoms with van der Waals surface area (Å²) in [6, 6.07) is 18.4. The summed E-state index contributed by atoms with van der Waals surface area (Å²) in [5.41, 5.74) is 4.86. The summed E-state index contributed by atoms with van der Waals surface area (Å²) in [7, 11) is 0. The number of anilines is 1. The molecule has 1 amide bonds. The first-order chi connectivity index (χ1) is 18.2. The molecule has 1 aliphatic rings. The number of amides is 1. The minimum absolute atomic E-state index is 0.0169. The summed E-state index contributed by atoms with van der Waals surface area (Å²) in [5, 5.41) is 20.1. The largest absolute Gasteiger partial charge is 0.507 e. The van der Waals surface area contributed by atoms with Crippen molar-refractivity contribution in [3.8, 4) is 0 Å². The first-order valence-electron chi connectivity index (χ1n) is 11.9. The number of hydrogen-bond donors (Lipinski definition) is 1. The van der Waals surface area contributed by atoms with Gasteiger partial charge in [0, 0.05) is 11.3 Å². The highest BCUT2D eigenvalue weighted by atomic mass is 32.2. The Labute approximate surface area is 227 Å². The lowest BCUT2D eigenvalue weighted by atomic mass is 9.93. The van der Waals surface area contributed by atoms with E-state index in [1.54, 1.807) is 18.2 Å². The Kier molecular flexibility index (Phi) is 7.14. The van der Waals surface area contributed by atoms with Gasteiger partial charge in [0.15, 0.2) is 4.34 Å². The number of aliphatic hydroxyl groups is 1. The summed E-state index contributed by atoms with van der Waals surface area (Å²) in [6.07, 6.45) is 0. The van der Waals surface area contributed by atoms with E-state index in [0.29, 0.717) is 21.2 Å². The van der Waals surface area contributed by atoms with Gasteiger partial charge in [-0.25, -0.2) is 4.39 Å². The molecule has 192 valence electrons. The maximum absolute atomic E-state index is 13.4. The molecule has 0 spiro atoms. The summed E-state index contributed by atoms with van der Waals surface area (Å²) >= 11 is 2.60. The average Bonchev–Trinajstić information content (AvgIpc) is 3.47. The highest BCUT2D eigenvalue weighted by Crippen LogP contribution is 2.44. The van der Waals surface area contributed by atoms with Crippen molar-refractivity contribution in [3.63, 3.8) is 0 Å². The van der Waals surface area contributed by atoms with Crippen LogP contribution in [0.2, 0.25) is 0 Å². The van der Waals surface area contributed by atoms with E-state index in [1.165, 1.54) is 40.1 Å². The Balaban J connectivity index is 1.55. The van der Waals surface area contributed by atoms with Crippen LogP contribution in [0.4, 0.5) is 9.52 Å². The second kappa shape index (κ2) is 10.5. The number of halogens is 1. The van der Waals surface area contributed by atoms with Crippen molar-refractivity contribution in [2.45, 2.75) is 36.9 Å². The van der Waals surface area contributed by atoms with Crippen molar-refractivity contribution in [1.82, 2.24) is 10.2 Å². The van der Waals surface area contributed by atoms with E-state index >= 15 is 0 Å². The molecule has 3 aromatic carbocycles. The van der Waals surface area contributed by atoms with Gasteiger partial charge in [0.25, 0.3) is 5.78 Å². The van der Waals surface area contributed by atoms with Crippen molar-refractivity contribution in [2.24, 2.45) is 0 Å². The molecule has 9 heteroatoms. The quantitative estimate of drug-likeness (QED) is 0.0976. The third-order valence-electron chi connectivity index (χ3n) is 6.36. The van der Waals surface area contributed by atoms with Gasteiger partial charge in [-0.05, 0) is 55.7 Å². The van der Waals surface area contributed by atoms with Crippen LogP contribution in [-0.4, -0.2) is 27.0 Å². The first kappa shape index (κ1) is 25.8. The van der Waals surface area contributed by atoms with Gasteiger partial charge in [-0.15, -0.1) is 10.2 Å². The lowest BCUT2D eigenvalue weighted by molar-refractivity contribution is -0.132. The number of rotatable bonds is 6. The Bertz CT molecular complexity index is 1560. The van der Waals surface area contributed by atoms with Crippen LogP contribution in [0.5, 0.6) is 0 Å². The van der Waals surface area contributed by atoms with E-state index in [0.717, 1.165) is 22.3 Å². The highest BCUT2D eigenvalue weighted by Gasteiger charge is 2.48. The molecule has 2 heterocycles. The molecule has 1 N–H and O–H groups in total. The van der Waals surface area contributed by atoms with Crippen LogP contribution in [-0.2, 0) is 15.3 Å². The van der Waals surface area contributed by atoms with Crippen molar-refractivity contribution >= 4 is 45.7 Å². The molecule has 1 saturated heterocycles. The van der Waals surface area contributed by atoms with Gasteiger partial charge in [-0.1, -0.05) is 82.8 Å². The average molecular weight is 546 g/mol. The first-order valence-corrected chi connectivity index (χ1v) is 13.7. The van der Waals surface area contributed by atoms with Gasteiger partial charge in [0.05, 0.1) is 11.6 Å². The maximum Gasteiger partial charge on any atom is 0.301 e. The van der Waals surface area contributed by atoms with Crippen LogP contribution in [0.3, 0.4) is 0 Å². The summed E-state index contributed by atoms with van der Waals surface area (Å²) in [5.74, 6) is -1.52. The Morgan fingerprint density at radius 2 is 1.66 bits per heavy atom. The zero-order chi connectivity index (χ0) is 27.0. The van der Waals surface area contributed by atoms with Gasteiger partial charge in [0.2, 0.25) is 5.13 Å². The fourth-order valence-electron chi connectivity index (χ4n) is 4.31. The van der Waals surface area contributed by atoms with Crippen LogP contribution in [0.1, 0.15) is 39.4 Å². The van der Waals surface area contributed by atoms with E-state index in [4.69, 9.17) is 0 Å². The smallest absolute Gasteiger partial charge is 0.301 e. The fraction of sp³-hybridized carbons (Fsp3) is 0.172. The Morgan fingerprint density at radius 3 is 2.37 bits per heavy atom. The number of thioether (sulfide) groups is 1. The van der Waals surface area contributed by atoms with Crippen LogP contribution in [0, 0.1) is 26.6 Å². The van der Waals surface area contributed by atoms with Gasteiger partial charge < -0.3 is 5.11 Å². The molecule has 1 fully saturated rings. The molecule has 38 heavy (non-hydrogen) atoms. The predicted molar refractivity (Wildman–Crippen MR) is 148 cm³/mol. The van der Waals surface area contributed by atoms with E-state index < -0.39 is 17.7 Å². The zero-order valence-corrected chi connectivity index (χ0v) is 22.6. The number of benzene rings is 3. The number of carbonyl (C=O) groups excluding carboxylic acids is 2. The Morgan fingerprint density at radius 1 is 0.974 bits per heavy atom. The fourth-order valence-corrected chi connectivity index (χ4v) is 6.14. The lowest BCUT2D eigenvalue weighted by Crippen LogP contribution is -2.29. The number of aryl methyl sites for hydroxylation is 3. The molecule has 1 aliphatic heterocycles. The molecule has 0 bridgehead atoms. The number of nitrogens with zero attached hydrogens (tertiary/aromatic N) is 3. The minimum Gasteiger partial charge on any atom is -0.507 e. The molecule has 0 saturated carbocycles. The predicted octanol–water partition coefficient (Wildman–Crippen LogP) is 6.52. The monoisotopic (exact) mass is 545 g/mol. The standard InChI is InChI=1S/C29H24FN3O3S2/c1-16-5-10-20(11-6-16)24-23(25(34)22-14-17(2)4-7-18(22)3)26(35)27(36)33(24)28-31-32-29(38-28)37-15-19-8-12-21(30)13-9-19/h4-14,24,34H,15H2,1-3H3/b25-23+. The molecular weight excluding hydrogens is 521 g/mol. The maximum atomic E-state index is 13.4. The van der Waals surface area contributed by atoms with E-state index in [9.17, 15) is 19.1 Å². The molecule has 6 nitrogen and oxygen atoms in total. The molecule has 1 unspecified atom stereocenters. The SMILES string of the molecule is Cc1ccc(C2/C(=C(\O)c3cc(C)ccc3C)C(=O)C(=O)N2c2nnc(SCc3ccc(F)cc3)s2)cc1. The van der Waals surface area contributed by atoms with E-state index in [-0.39, 0.29) is 22.3 Å². The van der Waals surface area contributed by atoms with Gasteiger partial charge in [-0.2, -0.15) is 0 Å². The summed E-state index contributed by atoms with van der Waals surface area (Å²) < 4.78 is 13.8. The molecule has 0 aliphatic carbocycles. The van der Waals surface area contributed by atoms with Crippen LogP contribution >= 0.6 is 23.1 Å². The van der Waals surface area contributed by atoms with Crippen molar-refractivity contribution in [2.75, 3.05) is 4.90 Å². The second-order valence-electron chi connectivity index (χ2n) is 9.16. The molecule has 5 rings (SSSR count). The van der Waals surface area contributed by atoms with Crippen LogP contribution in [0.15, 0.2) is 76.6 Å². The number of Topliss-reactive ketones (excluding diaryl/α,β-unsaturated/α-hetero) is 1. The molecule has 1 aromatic heterocycles. The minimum atomic E-state index is -0.863. The third kappa shape index (κ3) is 4.99. The summed E-state index contributed by atoms with van der Waals surface area (Å²) in [6.45, 7) is 5.70. The highest BCUT2D eigenvalue weighted by molar-refractivity contribution is 8.00. The van der Waals surface area contributed by atoms with Crippen molar-refractivity contribution < 1.29 is 19.1 Å². The Hall–Kier alpha value is -3.82. The number of aliphatic hydroxyl groups excluding tert-OH is 1. The van der Waals surface area contributed by atoms with E-state index in [2.05, 4.69) is 10.2 Å². The van der Waals surface area contributed by atoms with Crippen molar-refractivity contribution in [1.29, 1.82) is 0 Å². The summed E-state index contributed by atoms with van der Waals surface area (Å²) in [4.78, 5) is 28.1. The van der Waals surface area contributed by atoms with Gasteiger partial charge >= 0.3 is 5.91 Å². The normalized spacial score (nSPS) is 16.8. The number of carbonyl (C=O) groups is 2. The third-order valence-corrected chi connectivity index (χ3v) is 8.49. The molecular formula is C29H24FN3O3S2. The molecule has 0 radical (unpaired) electrons. The number of ketones is 1. The van der Waals surface area contributed by atoms with Gasteiger partial charge in [-0.3, -0.25) is 14.5 Å². The molecule has 1 atom stereocenters. The molecule has 4 aromatic rings. The van der Waals surface area contributed by atoms with Crippen molar-refractivity contribution in [3.05, 3.63) is 112 Å². The van der Waals surface area contributed by atoms with Gasteiger partial charge in [0.1, 0.15) is 11.6 Å². The zero-order valence-electron chi connectivity index (χ0n) is 20.9. The lowest BCUT2D eigenvalue weighted by Gasteiger charge is -2.23. The van der Waals surface area contributed by atoms with Crippen LogP contribution < -0.4 is 4.90 Å².